The van der Waals surface area contributed by atoms with Crippen LogP contribution in [0.15, 0.2) is 29.1 Å². The van der Waals surface area contributed by atoms with Gasteiger partial charge in [-0.3, -0.25) is 4.79 Å². The Morgan fingerprint density at radius 3 is 2.41 bits per heavy atom. The molecule has 0 amide bonds. The zero-order valence-corrected chi connectivity index (χ0v) is 9.58. The fraction of sp³-hybridized carbons (Fsp3) is 0.182. The highest BCUT2D eigenvalue weighted by Gasteiger charge is 2.34. The third-order valence-electron chi connectivity index (χ3n) is 2.33. The average molecular weight is 259 g/mol. The number of hydrogen-bond donors (Lipinski definition) is 1. The predicted octanol–water partition coefficient (Wildman–Crippen LogP) is 3.43. The second-order valence-electron chi connectivity index (χ2n) is 3.49. The smallest absolute Gasteiger partial charge is 0.312 e. The Morgan fingerprint density at radius 2 is 1.88 bits per heavy atom. The Kier molecular flexibility index (Phi) is 2.82. The Morgan fingerprint density at radius 1 is 1.24 bits per heavy atom. The molecule has 1 heterocycles. The highest BCUT2D eigenvalue weighted by molar-refractivity contribution is 7.09. The molecule has 0 saturated heterocycles. The number of nitrogens with one attached hydrogen (secondary N) is 1. The first-order valence-electron chi connectivity index (χ1n) is 4.76. The number of aryl methyl sites for hydroxylation is 1. The van der Waals surface area contributed by atoms with Crippen molar-refractivity contribution in [3.05, 3.63) is 44.4 Å². The van der Waals surface area contributed by atoms with Crippen LogP contribution in [-0.2, 0) is 6.18 Å². The molecule has 2 rings (SSSR count). The van der Waals surface area contributed by atoms with E-state index in [1.165, 1.54) is 18.2 Å². The summed E-state index contributed by atoms with van der Waals surface area (Å²) in [6.07, 6.45) is -4.43. The molecule has 0 radical (unpaired) electrons. The van der Waals surface area contributed by atoms with E-state index in [2.05, 4.69) is 4.98 Å². The Bertz CT molecular complexity index is 597. The minimum Gasteiger partial charge on any atom is -0.312 e. The molecule has 17 heavy (non-hydrogen) atoms. The molecule has 6 heteroatoms. The Labute approximate surface area is 98.7 Å². The van der Waals surface area contributed by atoms with Crippen LogP contribution in [0.5, 0.6) is 0 Å². The molecule has 0 atom stereocenters. The van der Waals surface area contributed by atoms with Crippen molar-refractivity contribution in [1.29, 1.82) is 0 Å². The number of aromatic nitrogens is 1. The number of H-pyrrole nitrogens is 1. The number of hydrogen-bond acceptors (Lipinski definition) is 2. The maximum atomic E-state index is 12.8. The van der Waals surface area contributed by atoms with Crippen LogP contribution in [0.1, 0.15) is 10.4 Å². The zero-order chi connectivity index (χ0) is 12.6. The Hall–Kier alpha value is -1.56. The van der Waals surface area contributed by atoms with E-state index in [0.717, 1.165) is 17.4 Å². The third kappa shape index (κ3) is 2.26. The maximum Gasteiger partial charge on any atom is 0.417 e. The summed E-state index contributed by atoms with van der Waals surface area (Å²) in [6.45, 7) is 1.62. The van der Waals surface area contributed by atoms with E-state index in [1.54, 1.807) is 6.92 Å². The molecule has 2 aromatic rings. The molecule has 0 saturated carbocycles. The highest BCUT2D eigenvalue weighted by atomic mass is 32.1. The highest BCUT2D eigenvalue weighted by Crippen LogP contribution is 2.37. The molecule has 1 aromatic heterocycles. The molecule has 0 unspecified atom stereocenters. The van der Waals surface area contributed by atoms with Gasteiger partial charge in [-0.25, -0.2) is 0 Å². The van der Waals surface area contributed by atoms with Gasteiger partial charge in [-0.05, 0) is 13.0 Å². The molecule has 0 fully saturated rings. The van der Waals surface area contributed by atoms with Gasteiger partial charge in [0.25, 0.3) is 0 Å². The van der Waals surface area contributed by atoms with Crippen LogP contribution in [-0.4, -0.2) is 4.98 Å². The monoisotopic (exact) mass is 259 g/mol. The summed E-state index contributed by atoms with van der Waals surface area (Å²) in [6, 6.07) is 5.20. The summed E-state index contributed by atoms with van der Waals surface area (Å²) >= 11 is 0.905. The van der Waals surface area contributed by atoms with Crippen LogP contribution < -0.4 is 4.87 Å². The Balaban J connectivity index is 2.68. The van der Waals surface area contributed by atoms with Gasteiger partial charge in [0.2, 0.25) is 0 Å². The lowest BCUT2D eigenvalue weighted by Gasteiger charge is -2.11. The van der Waals surface area contributed by atoms with E-state index in [9.17, 15) is 18.0 Å². The summed E-state index contributed by atoms with van der Waals surface area (Å²) in [7, 11) is 0. The fourth-order valence-corrected chi connectivity index (χ4v) is 2.31. The van der Waals surface area contributed by atoms with Crippen molar-refractivity contribution in [2.75, 3.05) is 0 Å². The van der Waals surface area contributed by atoms with Gasteiger partial charge in [0.05, 0.1) is 11.3 Å². The molecule has 2 nitrogen and oxygen atoms in total. The van der Waals surface area contributed by atoms with Crippen molar-refractivity contribution >= 4 is 11.3 Å². The number of rotatable bonds is 1. The summed E-state index contributed by atoms with van der Waals surface area (Å²) in [5.74, 6) is 0. The van der Waals surface area contributed by atoms with E-state index in [1.807, 2.05) is 0 Å². The van der Waals surface area contributed by atoms with Crippen LogP contribution in [0, 0.1) is 6.92 Å². The lowest BCUT2D eigenvalue weighted by Crippen LogP contribution is -2.07. The minimum absolute atomic E-state index is 0.0100. The summed E-state index contributed by atoms with van der Waals surface area (Å²) in [5, 5.41) is 0. The van der Waals surface area contributed by atoms with Gasteiger partial charge in [0.1, 0.15) is 0 Å². The van der Waals surface area contributed by atoms with Crippen molar-refractivity contribution in [1.82, 2.24) is 4.98 Å². The van der Waals surface area contributed by atoms with E-state index in [-0.39, 0.29) is 16.1 Å². The average Bonchev–Trinajstić information content (AvgIpc) is 2.56. The fourth-order valence-electron chi connectivity index (χ4n) is 1.61. The molecule has 0 spiro atoms. The first-order valence-corrected chi connectivity index (χ1v) is 5.57. The van der Waals surface area contributed by atoms with Crippen molar-refractivity contribution in [3.8, 4) is 11.3 Å². The van der Waals surface area contributed by atoms with Gasteiger partial charge >= 0.3 is 11.0 Å². The van der Waals surface area contributed by atoms with E-state index < -0.39 is 11.7 Å². The van der Waals surface area contributed by atoms with Crippen LogP contribution in [0.2, 0.25) is 0 Å². The SMILES string of the molecule is Cc1sc(=O)[nH]c1-c1ccccc1C(F)(F)F. The molecule has 0 aliphatic heterocycles. The summed E-state index contributed by atoms with van der Waals surface area (Å²) < 4.78 is 38.4. The van der Waals surface area contributed by atoms with Gasteiger partial charge in [-0.15, -0.1) is 0 Å². The van der Waals surface area contributed by atoms with Crippen LogP contribution in [0.4, 0.5) is 13.2 Å². The minimum atomic E-state index is -4.43. The zero-order valence-electron chi connectivity index (χ0n) is 8.76. The van der Waals surface area contributed by atoms with Crippen LogP contribution in [0.3, 0.4) is 0 Å². The van der Waals surface area contributed by atoms with Crippen molar-refractivity contribution in [2.45, 2.75) is 13.1 Å². The van der Waals surface area contributed by atoms with Gasteiger partial charge in [0.15, 0.2) is 0 Å². The van der Waals surface area contributed by atoms with Crippen LogP contribution in [0.25, 0.3) is 11.3 Å². The topological polar surface area (TPSA) is 32.9 Å². The van der Waals surface area contributed by atoms with Crippen molar-refractivity contribution < 1.29 is 13.2 Å². The van der Waals surface area contributed by atoms with Gasteiger partial charge in [-0.2, -0.15) is 13.2 Å². The third-order valence-corrected chi connectivity index (χ3v) is 3.12. The van der Waals surface area contributed by atoms with Crippen molar-refractivity contribution in [3.63, 3.8) is 0 Å². The normalized spacial score (nSPS) is 11.8. The summed E-state index contributed by atoms with van der Waals surface area (Å²) in [4.78, 5) is 13.8. The molecular formula is C11H8F3NOS. The molecule has 0 aliphatic carbocycles. The quantitative estimate of drug-likeness (QED) is 0.836. The van der Waals surface area contributed by atoms with Crippen molar-refractivity contribution in [2.24, 2.45) is 0 Å². The molecule has 90 valence electrons. The number of halogens is 3. The van der Waals surface area contributed by atoms with Gasteiger partial charge in [-0.1, -0.05) is 29.5 Å². The summed E-state index contributed by atoms with van der Waals surface area (Å²) in [5.41, 5.74) is -0.485. The molecular weight excluding hydrogens is 251 g/mol. The number of aromatic amines is 1. The first-order chi connectivity index (χ1) is 7.89. The molecule has 1 aromatic carbocycles. The predicted molar refractivity (Wildman–Crippen MR) is 60.1 cm³/mol. The number of benzene rings is 1. The first kappa shape index (κ1) is 11.9. The molecule has 0 aliphatic rings. The van der Waals surface area contributed by atoms with E-state index in [0.29, 0.717) is 4.88 Å². The number of thiazole rings is 1. The second kappa shape index (κ2) is 4.03. The van der Waals surface area contributed by atoms with Gasteiger partial charge in [0, 0.05) is 10.4 Å². The van der Waals surface area contributed by atoms with Crippen LogP contribution >= 0.6 is 11.3 Å². The lowest BCUT2D eigenvalue weighted by atomic mass is 10.0. The van der Waals surface area contributed by atoms with E-state index >= 15 is 0 Å². The van der Waals surface area contributed by atoms with Gasteiger partial charge < -0.3 is 4.98 Å². The largest absolute Gasteiger partial charge is 0.417 e. The second-order valence-corrected chi connectivity index (χ2v) is 4.68. The maximum absolute atomic E-state index is 12.8. The molecule has 1 N–H and O–H groups in total. The van der Waals surface area contributed by atoms with E-state index in [4.69, 9.17) is 0 Å². The lowest BCUT2D eigenvalue weighted by molar-refractivity contribution is -0.137. The molecule has 0 bridgehead atoms. The number of alkyl halides is 3. The standard InChI is InChI=1S/C11H8F3NOS/c1-6-9(15-10(16)17-6)7-4-2-3-5-8(7)11(12,13)14/h2-5H,1H3,(H,15,16).